The first kappa shape index (κ1) is 14.4. The van der Waals surface area contributed by atoms with Crippen LogP contribution in [0.4, 0.5) is 5.69 Å². The number of rotatable bonds is 9. The van der Waals surface area contributed by atoms with Gasteiger partial charge in [-0.2, -0.15) is 0 Å². The number of primary amides is 1. The molecular formula is C14H22N2O2. The third kappa shape index (κ3) is 5.57. The molecule has 0 atom stereocenters. The highest BCUT2D eigenvalue weighted by Crippen LogP contribution is 2.23. The van der Waals surface area contributed by atoms with Gasteiger partial charge >= 0.3 is 0 Å². The smallest absolute Gasteiger partial charge is 0.220 e. The van der Waals surface area contributed by atoms with Crippen LogP contribution in [0.2, 0.25) is 0 Å². The lowest BCUT2D eigenvalue weighted by Crippen LogP contribution is -2.15. The van der Waals surface area contributed by atoms with E-state index < -0.39 is 0 Å². The lowest BCUT2D eigenvalue weighted by atomic mass is 10.2. The second-order valence-electron chi connectivity index (χ2n) is 4.19. The Balaban J connectivity index is 2.43. The third-order valence-electron chi connectivity index (χ3n) is 2.59. The molecule has 0 aromatic heterocycles. The fourth-order valence-electron chi connectivity index (χ4n) is 1.60. The van der Waals surface area contributed by atoms with E-state index in [1.165, 1.54) is 12.8 Å². The Kier molecular flexibility index (Phi) is 6.69. The van der Waals surface area contributed by atoms with Crippen LogP contribution < -0.4 is 15.8 Å². The Morgan fingerprint density at radius 3 is 2.83 bits per heavy atom. The van der Waals surface area contributed by atoms with Crippen LogP contribution in [0.25, 0.3) is 0 Å². The number of para-hydroxylation sites is 2. The van der Waals surface area contributed by atoms with Crippen molar-refractivity contribution in [1.82, 2.24) is 0 Å². The van der Waals surface area contributed by atoms with Gasteiger partial charge in [-0.05, 0) is 18.6 Å². The summed E-state index contributed by atoms with van der Waals surface area (Å²) in [6, 6.07) is 7.74. The van der Waals surface area contributed by atoms with Crippen molar-refractivity contribution in [2.24, 2.45) is 5.73 Å². The molecule has 0 spiro atoms. The van der Waals surface area contributed by atoms with Gasteiger partial charge in [0.15, 0.2) is 0 Å². The molecule has 0 fully saturated rings. The minimum atomic E-state index is -0.344. The highest BCUT2D eigenvalue weighted by atomic mass is 16.5. The zero-order valence-corrected chi connectivity index (χ0v) is 10.9. The van der Waals surface area contributed by atoms with Gasteiger partial charge in [0, 0.05) is 6.54 Å². The predicted molar refractivity (Wildman–Crippen MR) is 73.8 cm³/mol. The van der Waals surface area contributed by atoms with E-state index in [4.69, 9.17) is 10.5 Å². The number of nitrogens with two attached hydrogens (primary N) is 1. The molecule has 1 aromatic rings. The molecule has 0 heterocycles. The van der Waals surface area contributed by atoms with Crippen molar-refractivity contribution in [3.05, 3.63) is 24.3 Å². The quantitative estimate of drug-likeness (QED) is 0.662. The van der Waals surface area contributed by atoms with Crippen LogP contribution in [-0.4, -0.2) is 19.1 Å². The highest BCUT2D eigenvalue weighted by molar-refractivity contribution is 5.73. The summed E-state index contributed by atoms with van der Waals surface area (Å²) in [5.41, 5.74) is 6.04. The molecule has 0 unspecified atom stereocenters. The Morgan fingerprint density at radius 2 is 2.11 bits per heavy atom. The number of carbonyl (C=O) groups is 1. The molecule has 3 N–H and O–H groups in total. The van der Waals surface area contributed by atoms with E-state index in [-0.39, 0.29) is 12.3 Å². The fourth-order valence-corrected chi connectivity index (χ4v) is 1.60. The first-order valence-electron chi connectivity index (χ1n) is 6.48. The molecule has 0 aliphatic carbocycles. The zero-order chi connectivity index (χ0) is 13.2. The first-order valence-corrected chi connectivity index (χ1v) is 6.48. The van der Waals surface area contributed by atoms with Crippen molar-refractivity contribution in [3.63, 3.8) is 0 Å². The number of benzene rings is 1. The normalized spacial score (nSPS) is 10.1. The van der Waals surface area contributed by atoms with E-state index in [9.17, 15) is 4.79 Å². The van der Waals surface area contributed by atoms with Crippen molar-refractivity contribution in [1.29, 1.82) is 0 Å². The average Bonchev–Trinajstić information content (AvgIpc) is 2.36. The van der Waals surface area contributed by atoms with Gasteiger partial charge in [0.25, 0.3) is 0 Å². The third-order valence-corrected chi connectivity index (χ3v) is 2.59. The standard InChI is InChI=1S/C14H22N2O2/c1-2-3-6-10-16-12-7-4-5-8-13(12)18-11-9-14(15)17/h4-5,7-8,16H,2-3,6,9-11H2,1H3,(H2,15,17). The number of hydrogen-bond acceptors (Lipinski definition) is 3. The number of hydrogen-bond donors (Lipinski definition) is 2. The van der Waals surface area contributed by atoms with Gasteiger partial charge in [-0.25, -0.2) is 0 Å². The average molecular weight is 250 g/mol. The maximum atomic E-state index is 10.6. The van der Waals surface area contributed by atoms with Gasteiger partial charge in [0.2, 0.25) is 5.91 Å². The molecule has 0 aliphatic heterocycles. The Hall–Kier alpha value is -1.71. The number of ether oxygens (including phenoxy) is 1. The number of unbranched alkanes of at least 4 members (excludes halogenated alkanes) is 2. The van der Waals surface area contributed by atoms with E-state index in [2.05, 4.69) is 12.2 Å². The van der Waals surface area contributed by atoms with Crippen LogP contribution in [-0.2, 0) is 4.79 Å². The summed E-state index contributed by atoms with van der Waals surface area (Å²) < 4.78 is 5.54. The number of anilines is 1. The van der Waals surface area contributed by atoms with Crippen LogP contribution in [0.1, 0.15) is 32.6 Å². The highest BCUT2D eigenvalue weighted by Gasteiger charge is 2.02. The summed E-state index contributed by atoms with van der Waals surface area (Å²) in [6.45, 7) is 3.44. The van der Waals surface area contributed by atoms with Crippen molar-refractivity contribution in [3.8, 4) is 5.75 Å². The molecule has 1 amide bonds. The van der Waals surface area contributed by atoms with Gasteiger partial charge in [0.1, 0.15) is 5.75 Å². The predicted octanol–water partition coefficient (Wildman–Crippen LogP) is 2.54. The van der Waals surface area contributed by atoms with Crippen LogP contribution in [0.3, 0.4) is 0 Å². The summed E-state index contributed by atoms with van der Waals surface area (Å²) in [4.78, 5) is 10.6. The second-order valence-corrected chi connectivity index (χ2v) is 4.19. The lowest BCUT2D eigenvalue weighted by Gasteiger charge is -2.12. The molecular weight excluding hydrogens is 228 g/mol. The van der Waals surface area contributed by atoms with Crippen molar-refractivity contribution in [2.45, 2.75) is 32.6 Å². The SMILES string of the molecule is CCCCCNc1ccccc1OCCC(N)=O. The maximum Gasteiger partial charge on any atom is 0.220 e. The largest absolute Gasteiger partial charge is 0.491 e. The molecule has 0 radical (unpaired) electrons. The van der Waals surface area contributed by atoms with Crippen LogP contribution >= 0.6 is 0 Å². The minimum Gasteiger partial charge on any atom is -0.491 e. The molecule has 0 saturated carbocycles. The topological polar surface area (TPSA) is 64.3 Å². The number of nitrogens with one attached hydrogen (secondary N) is 1. The van der Waals surface area contributed by atoms with E-state index in [0.717, 1.165) is 24.4 Å². The molecule has 1 rings (SSSR count). The first-order chi connectivity index (χ1) is 8.74. The van der Waals surface area contributed by atoms with E-state index in [1.807, 2.05) is 24.3 Å². The fraction of sp³-hybridized carbons (Fsp3) is 0.500. The van der Waals surface area contributed by atoms with E-state index >= 15 is 0 Å². The van der Waals surface area contributed by atoms with Gasteiger partial charge in [0.05, 0.1) is 18.7 Å². The summed E-state index contributed by atoms with van der Waals surface area (Å²) in [5.74, 6) is 0.429. The maximum absolute atomic E-state index is 10.6. The second kappa shape index (κ2) is 8.39. The lowest BCUT2D eigenvalue weighted by molar-refractivity contribution is -0.118. The molecule has 4 heteroatoms. The molecule has 100 valence electrons. The summed E-state index contributed by atoms with van der Waals surface area (Å²) in [6.07, 6.45) is 3.81. The van der Waals surface area contributed by atoms with Gasteiger partial charge in [-0.3, -0.25) is 4.79 Å². The summed E-state index contributed by atoms with van der Waals surface area (Å²) in [5, 5.41) is 3.35. The number of amides is 1. The Labute approximate surface area is 109 Å². The molecule has 1 aromatic carbocycles. The molecule has 0 saturated heterocycles. The molecule has 0 aliphatic rings. The van der Waals surface area contributed by atoms with Gasteiger partial charge in [-0.15, -0.1) is 0 Å². The van der Waals surface area contributed by atoms with Crippen molar-refractivity contribution in [2.75, 3.05) is 18.5 Å². The zero-order valence-electron chi connectivity index (χ0n) is 10.9. The van der Waals surface area contributed by atoms with E-state index in [0.29, 0.717) is 6.61 Å². The monoisotopic (exact) mass is 250 g/mol. The minimum absolute atomic E-state index is 0.240. The summed E-state index contributed by atoms with van der Waals surface area (Å²) >= 11 is 0. The van der Waals surface area contributed by atoms with Gasteiger partial charge in [-0.1, -0.05) is 31.9 Å². The Morgan fingerprint density at radius 1 is 1.33 bits per heavy atom. The van der Waals surface area contributed by atoms with Crippen LogP contribution in [0.5, 0.6) is 5.75 Å². The molecule has 4 nitrogen and oxygen atoms in total. The van der Waals surface area contributed by atoms with Crippen LogP contribution in [0, 0.1) is 0 Å². The van der Waals surface area contributed by atoms with Gasteiger partial charge < -0.3 is 15.8 Å². The number of carbonyl (C=O) groups excluding carboxylic acids is 1. The molecule has 18 heavy (non-hydrogen) atoms. The molecule has 0 bridgehead atoms. The summed E-state index contributed by atoms with van der Waals surface area (Å²) in [7, 11) is 0. The van der Waals surface area contributed by atoms with Crippen molar-refractivity contribution >= 4 is 11.6 Å². The van der Waals surface area contributed by atoms with Crippen molar-refractivity contribution < 1.29 is 9.53 Å². The van der Waals surface area contributed by atoms with E-state index in [1.54, 1.807) is 0 Å². The Bertz CT molecular complexity index is 367. The van der Waals surface area contributed by atoms with Crippen LogP contribution in [0.15, 0.2) is 24.3 Å².